The van der Waals surface area contributed by atoms with Gasteiger partial charge in [-0.05, 0) is 26.8 Å². The molecule has 0 saturated carbocycles. The molecule has 0 aromatic carbocycles. The average Bonchev–Trinajstić information content (AvgIpc) is 2.73. The molecule has 0 aliphatic carbocycles. The minimum Gasteiger partial charge on any atom is -0.481 e. The van der Waals surface area contributed by atoms with E-state index >= 15 is 0 Å². The van der Waals surface area contributed by atoms with Gasteiger partial charge in [0.25, 0.3) is 0 Å². The highest BCUT2D eigenvalue weighted by Gasteiger charge is 2.45. The molecule has 1 aliphatic heterocycles. The van der Waals surface area contributed by atoms with E-state index in [1.807, 2.05) is 6.92 Å². The van der Waals surface area contributed by atoms with Gasteiger partial charge in [0.2, 0.25) is 5.91 Å². The molecular formula is C12H22N2O3. The molecule has 5 nitrogen and oxygen atoms in total. The number of carbonyl (C=O) groups is 2. The maximum absolute atomic E-state index is 12.0. The first kappa shape index (κ1) is 14.0. The number of carbonyl (C=O) groups excluding carboxylic acids is 1. The first-order valence-electron chi connectivity index (χ1n) is 6.16. The third-order valence-electron chi connectivity index (χ3n) is 3.65. The number of carboxylic acid groups (broad SMARTS) is 1. The van der Waals surface area contributed by atoms with Crippen molar-refractivity contribution in [3.63, 3.8) is 0 Å². The Morgan fingerprint density at radius 2 is 2.18 bits per heavy atom. The zero-order chi connectivity index (χ0) is 13.1. The Morgan fingerprint density at radius 1 is 1.53 bits per heavy atom. The Morgan fingerprint density at radius 3 is 2.65 bits per heavy atom. The monoisotopic (exact) mass is 242 g/mol. The van der Waals surface area contributed by atoms with E-state index in [0.717, 1.165) is 6.42 Å². The van der Waals surface area contributed by atoms with E-state index in [0.29, 0.717) is 25.9 Å². The third-order valence-corrected chi connectivity index (χ3v) is 3.65. The predicted molar refractivity (Wildman–Crippen MR) is 64.7 cm³/mol. The van der Waals surface area contributed by atoms with Crippen molar-refractivity contribution in [1.82, 2.24) is 10.2 Å². The third kappa shape index (κ3) is 2.77. The topological polar surface area (TPSA) is 69.6 Å². The highest BCUT2D eigenvalue weighted by molar-refractivity contribution is 5.84. The number of amides is 1. The highest BCUT2D eigenvalue weighted by Crippen LogP contribution is 2.35. The van der Waals surface area contributed by atoms with Crippen LogP contribution in [-0.2, 0) is 9.59 Å². The Hall–Kier alpha value is -1.10. The van der Waals surface area contributed by atoms with Crippen LogP contribution in [0.25, 0.3) is 0 Å². The minimum atomic E-state index is -0.772. The second-order valence-corrected chi connectivity index (χ2v) is 4.86. The molecule has 1 heterocycles. The van der Waals surface area contributed by atoms with Gasteiger partial charge in [-0.25, -0.2) is 0 Å². The fourth-order valence-electron chi connectivity index (χ4n) is 2.42. The quantitative estimate of drug-likeness (QED) is 0.744. The van der Waals surface area contributed by atoms with Crippen molar-refractivity contribution in [3.05, 3.63) is 0 Å². The molecule has 2 atom stereocenters. The molecule has 1 fully saturated rings. The number of rotatable bonds is 5. The molecule has 1 aliphatic rings. The molecule has 0 spiro atoms. The molecule has 17 heavy (non-hydrogen) atoms. The summed E-state index contributed by atoms with van der Waals surface area (Å²) in [7, 11) is 1.73. The van der Waals surface area contributed by atoms with Crippen molar-refractivity contribution in [2.75, 3.05) is 20.1 Å². The van der Waals surface area contributed by atoms with E-state index < -0.39 is 11.4 Å². The van der Waals surface area contributed by atoms with Gasteiger partial charge in [-0.15, -0.1) is 0 Å². The zero-order valence-corrected chi connectivity index (χ0v) is 10.8. The number of hydrogen-bond acceptors (Lipinski definition) is 3. The van der Waals surface area contributed by atoms with Crippen LogP contribution in [0, 0.1) is 5.41 Å². The summed E-state index contributed by atoms with van der Waals surface area (Å²) in [5, 5.41) is 12.2. The first-order chi connectivity index (χ1) is 7.96. The lowest BCUT2D eigenvalue weighted by Crippen LogP contribution is -2.44. The molecule has 0 radical (unpaired) electrons. The van der Waals surface area contributed by atoms with Gasteiger partial charge in [0.1, 0.15) is 0 Å². The van der Waals surface area contributed by atoms with Crippen LogP contribution >= 0.6 is 0 Å². The fourth-order valence-corrected chi connectivity index (χ4v) is 2.42. The van der Waals surface area contributed by atoms with Gasteiger partial charge in [-0.1, -0.05) is 13.3 Å². The SMILES string of the molecule is CCCC1(C(=O)O)CCN(C(=O)C(C)NC)C1. The molecule has 1 saturated heterocycles. The van der Waals surface area contributed by atoms with Gasteiger partial charge in [-0.3, -0.25) is 9.59 Å². The summed E-state index contributed by atoms with van der Waals surface area (Å²) in [6.07, 6.45) is 2.04. The number of likely N-dealkylation sites (tertiary alicyclic amines) is 1. The Labute approximate surface area is 102 Å². The molecular weight excluding hydrogens is 220 g/mol. The summed E-state index contributed by atoms with van der Waals surface area (Å²) in [5.74, 6) is -0.779. The van der Waals surface area contributed by atoms with Gasteiger partial charge in [0.15, 0.2) is 0 Å². The second-order valence-electron chi connectivity index (χ2n) is 4.86. The number of carboxylic acids is 1. The fraction of sp³-hybridized carbons (Fsp3) is 0.833. The van der Waals surface area contributed by atoms with Gasteiger partial charge >= 0.3 is 5.97 Å². The Kier molecular flexibility index (Phi) is 4.51. The Bertz CT molecular complexity index is 306. The summed E-state index contributed by atoms with van der Waals surface area (Å²) < 4.78 is 0. The van der Waals surface area contributed by atoms with Gasteiger partial charge in [-0.2, -0.15) is 0 Å². The molecule has 2 N–H and O–H groups in total. The zero-order valence-electron chi connectivity index (χ0n) is 10.8. The lowest BCUT2D eigenvalue weighted by atomic mass is 9.83. The maximum atomic E-state index is 12.0. The van der Waals surface area contributed by atoms with Crippen LogP contribution in [0.5, 0.6) is 0 Å². The molecule has 0 aromatic heterocycles. The molecule has 0 bridgehead atoms. The van der Waals surface area contributed by atoms with Crippen molar-refractivity contribution in [1.29, 1.82) is 0 Å². The van der Waals surface area contributed by atoms with E-state index in [1.165, 1.54) is 0 Å². The number of nitrogens with one attached hydrogen (secondary N) is 1. The molecule has 2 unspecified atom stereocenters. The smallest absolute Gasteiger partial charge is 0.311 e. The average molecular weight is 242 g/mol. The van der Waals surface area contributed by atoms with Crippen molar-refractivity contribution >= 4 is 11.9 Å². The van der Waals surface area contributed by atoms with Crippen molar-refractivity contribution < 1.29 is 14.7 Å². The second kappa shape index (κ2) is 5.49. The number of nitrogens with zero attached hydrogens (tertiary/aromatic N) is 1. The highest BCUT2D eigenvalue weighted by atomic mass is 16.4. The number of aliphatic carboxylic acids is 1. The van der Waals surface area contributed by atoms with Crippen molar-refractivity contribution in [3.8, 4) is 0 Å². The van der Waals surface area contributed by atoms with Crippen LogP contribution < -0.4 is 5.32 Å². The molecule has 5 heteroatoms. The lowest BCUT2D eigenvalue weighted by molar-refractivity contribution is -0.149. The van der Waals surface area contributed by atoms with Gasteiger partial charge in [0, 0.05) is 13.1 Å². The summed E-state index contributed by atoms with van der Waals surface area (Å²) in [4.78, 5) is 25.0. The molecule has 1 rings (SSSR count). The van der Waals surface area contributed by atoms with E-state index in [9.17, 15) is 14.7 Å². The lowest BCUT2D eigenvalue weighted by Gasteiger charge is -2.25. The molecule has 0 aromatic rings. The summed E-state index contributed by atoms with van der Waals surface area (Å²) in [6.45, 7) is 4.67. The van der Waals surface area contributed by atoms with Crippen LogP contribution in [0.4, 0.5) is 0 Å². The van der Waals surface area contributed by atoms with E-state index in [2.05, 4.69) is 5.32 Å². The first-order valence-corrected chi connectivity index (χ1v) is 6.16. The van der Waals surface area contributed by atoms with Crippen LogP contribution in [0.15, 0.2) is 0 Å². The van der Waals surface area contributed by atoms with Crippen molar-refractivity contribution in [2.45, 2.75) is 39.2 Å². The number of likely N-dealkylation sites (N-methyl/N-ethyl adjacent to an activating group) is 1. The molecule has 1 amide bonds. The van der Waals surface area contributed by atoms with Gasteiger partial charge < -0.3 is 15.3 Å². The van der Waals surface area contributed by atoms with E-state index in [4.69, 9.17) is 0 Å². The van der Waals surface area contributed by atoms with Crippen molar-refractivity contribution in [2.24, 2.45) is 5.41 Å². The van der Waals surface area contributed by atoms with Crippen LogP contribution in [-0.4, -0.2) is 48.1 Å². The summed E-state index contributed by atoms with van der Waals surface area (Å²) in [6, 6.07) is -0.249. The molecule has 98 valence electrons. The van der Waals surface area contributed by atoms with Gasteiger partial charge in [0.05, 0.1) is 11.5 Å². The normalized spacial score (nSPS) is 25.9. The Balaban J connectivity index is 2.73. The van der Waals surface area contributed by atoms with Crippen LogP contribution in [0.3, 0.4) is 0 Å². The van der Waals surface area contributed by atoms with Crippen LogP contribution in [0.2, 0.25) is 0 Å². The largest absolute Gasteiger partial charge is 0.481 e. The minimum absolute atomic E-state index is 0.00766. The maximum Gasteiger partial charge on any atom is 0.311 e. The standard InChI is InChI=1S/C12H22N2O3/c1-4-5-12(11(16)17)6-7-14(8-12)10(15)9(2)13-3/h9,13H,4-8H2,1-3H3,(H,16,17). The summed E-state index contributed by atoms with van der Waals surface area (Å²) in [5.41, 5.74) is -0.724. The predicted octanol–water partition coefficient (Wildman–Crippen LogP) is 0.698. The number of hydrogen-bond donors (Lipinski definition) is 2. The summed E-state index contributed by atoms with van der Waals surface area (Å²) >= 11 is 0. The van der Waals surface area contributed by atoms with Crippen LogP contribution in [0.1, 0.15) is 33.1 Å². The van der Waals surface area contributed by atoms with E-state index in [1.54, 1.807) is 18.9 Å². The van der Waals surface area contributed by atoms with E-state index in [-0.39, 0.29) is 11.9 Å².